The fraction of sp³-hybridized carbons (Fsp3) is 0.667. The highest BCUT2D eigenvalue weighted by atomic mass is 16.4. The van der Waals surface area contributed by atoms with E-state index in [9.17, 15) is 0 Å². The van der Waals surface area contributed by atoms with Crippen LogP contribution in [0.4, 0.5) is 0 Å². The van der Waals surface area contributed by atoms with Crippen LogP contribution in [0.2, 0.25) is 0 Å². The van der Waals surface area contributed by atoms with Crippen LogP contribution in [0.25, 0.3) is 0 Å². The Morgan fingerprint density at radius 2 is 1.89 bits per heavy atom. The van der Waals surface area contributed by atoms with E-state index < -0.39 is 18.8 Å². The standard InChI is InChI=1S/C6H10O3/c1-2-3-5(8)6(9)4-7/h1,5-9H,3-4H2/t5-,6+/m0/s1. The van der Waals surface area contributed by atoms with Gasteiger partial charge in [0.1, 0.15) is 6.10 Å². The summed E-state index contributed by atoms with van der Waals surface area (Å²) in [7, 11) is 0. The lowest BCUT2D eigenvalue weighted by Gasteiger charge is -2.11. The first-order chi connectivity index (χ1) is 4.22. The van der Waals surface area contributed by atoms with E-state index in [1.165, 1.54) is 0 Å². The van der Waals surface area contributed by atoms with E-state index in [-0.39, 0.29) is 6.42 Å². The quantitative estimate of drug-likeness (QED) is 0.417. The number of hydrogen-bond acceptors (Lipinski definition) is 3. The van der Waals surface area contributed by atoms with E-state index in [0.29, 0.717) is 0 Å². The predicted octanol–water partition coefficient (Wildman–Crippen LogP) is -1.28. The summed E-state index contributed by atoms with van der Waals surface area (Å²) in [5, 5.41) is 25.7. The van der Waals surface area contributed by atoms with Crippen molar-refractivity contribution in [2.24, 2.45) is 0 Å². The maximum atomic E-state index is 8.77. The Bertz CT molecular complexity index is 105. The molecule has 0 aliphatic carbocycles. The summed E-state index contributed by atoms with van der Waals surface area (Å²) in [4.78, 5) is 0. The van der Waals surface area contributed by atoms with Crippen LogP contribution in [0.5, 0.6) is 0 Å². The number of aliphatic hydroxyl groups excluding tert-OH is 3. The minimum atomic E-state index is -1.11. The van der Waals surface area contributed by atoms with Gasteiger partial charge in [-0.3, -0.25) is 0 Å². The second kappa shape index (κ2) is 4.33. The predicted molar refractivity (Wildman–Crippen MR) is 32.5 cm³/mol. The van der Waals surface area contributed by atoms with Crippen molar-refractivity contribution >= 4 is 0 Å². The Morgan fingerprint density at radius 1 is 1.33 bits per heavy atom. The number of hydrogen-bond donors (Lipinski definition) is 3. The summed E-state index contributed by atoms with van der Waals surface area (Å²) in [6.07, 6.45) is 2.78. The Balaban J connectivity index is 3.48. The summed E-state index contributed by atoms with van der Waals surface area (Å²) in [5.74, 6) is 2.16. The second-order valence-electron chi connectivity index (χ2n) is 1.73. The third-order valence-electron chi connectivity index (χ3n) is 0.958. The van der Waals surface area contributed by atoms with Crippen molar-refractivity contribution in [3.05, 3.63) is 0 Å². The zero-order valence-corrected chi connectivity index (χ0v) is 4.99. The van der Waals surface area contributed by atoms with Crippen molar-refractivity contribution < 1.29 is 15.3 Å². The molecule has 3 heteroatoms. The van der Waals surface area contributed by atoms with Crippen LogP contribution in [-0.4, -0.2) is 34.1 Å². The second-order valence-corrected chi connectivity index (χ2v) is 1.73. The molecule has 0 rings (SSSR count). The normalized spacial score (nSPS) is 16.2. The van der Waals surface area contributed by atoms with Gasteiger partial charge in [-0.15, -0.1) is 12.3 Å². The largest absolute Gasteiger partial charge is 0.394 e. The van der Waals surface area contributed by atoms with Gasteiger partial charge in [-0.25, -0.2) is 0 Å². The Morgan fingerprint density at radius 3 is 2.22 bits per heavy atom. The molecule has 0 heterocycles. The van der Waals surface area contributed by atoms with Crippen molar-refractivity contribution in [1.29, 1.82) is 0 Å². The van der Waals surface area contributed by atoms with Gasteiger partial charge >= 0.3 is 0 Å². The van der Waals surface area contributed by atoms with Gasteiger partial charge in [0.2, 0.25) is 0 Å². The molecule has 0 aromatic heterocycles. The van der Waals surface area contributed by atoms with Crippen LogP contribution in [0.1, 0.15) is 6.42 Å². The lowest BCUT2D eigenvalue weighted by Crippen LogP contribution is -2.28. The van der Waals surface area contributed by atoms with Gasteiger partial charge in [-0.05, 0) is 0 Å². The molecule has 0 spiro atoms. The third kappa shape index (κ3) is 3.09. The molecule has 0 bridgehead atoms. The van der Waals surface area contributed by atoms with E-state index in [4.69, 9.17) is 21.7 Å². The molecule has 0 aromatic rings. The van der Waals surface area contributed by atoms with E-state index >= 15 is 0 Å². The van der Waals surface area contributed by atoms with Crippen molar-refractivity contribution in [1.82, 2.24) is 0 Å². The lowest BCUT2D eigenvalue weighted by atomic mass is 10.1. The van der Waals surface area contributed by atoms with Gasteiger partial charge in [0, 0.05) is 6.42 Å². The summed E-state index contributed by atoms with van der Waals surface area (Å²) in [6, 6.07) is 0. The molecule has 3 nitrogen and oxygen atoms in total. The molecule has 0 saturated carbocycles. The number of rotatable bonds is 3. The molecule has 0 aromatic carbocycles. The molecule has 0 unspecified atom stereocenters. The highest BCUT2D eigenvalue weighted by Crippen LogP contribution is 1.95. The molecule has 2 atom stereocenters. The average molecular weight is 130 g/mol. The average Bonchev–Trinajstić information content (AvgIpc) is 1.87. The van der Waals surface area contributed by atoms with Crippen LogP contribution in [0, 0.1) is 12.3 Å². The van der Waals surface area contributed by atoms with E-state index in [1.807, 2.05) is 0 Å². The maximum absolute atomic E-state index is 8.77. The first-order valence-electron chi connectivity index (χ1n) is 2.62. The topological polar surface area (TPSA) is 60.7 Å². The Kier molecular flexibility index (Phi) is 4.06. The molecule has 0 aliphatic rings. The summed E-state index contributed by atoms with van der Waals surface area (Å²) in [5.41, 5.74) is 0. The smallest absolute Gasteiger partial charge is 0.104 e. The minimum Gasteiger partial charge on any atom is -0.394 e. The van der Waals surface area contributed by atoms with Crippen LogP contribution in [-0.2, 0) is 0 Å². The molecule has 3 N–H and O–H groups in total. The highest BCUT2D eigenvalue weighted by molar-refractivity contribution is 4.88. The van der Waals surface area contributed by atoms with E-state index in [2.05, 4.69) is 5.92 Å². The molecular formula is C6H10O3. The van der Waals surface area contributed by atoms with Crippen LogP contribution < -0.4 is 0 Å². The van der Waals surface area contributed by atoms with Crippen molar-refractivity contribution in [3.8, 4) is 12.3 Å². The zero-order chi connectivity index (χ0) is 7.28. The molecule has 52 valence electrons. The van der Waals surface area contributed by atoms with Gasteiger partial charge in [-0.2, -0.15) is 0 Å². The monoisotopic (exact) mass is 130 g/mol. The van der Waals surface area contributed by atoms with Crippen molar-refractivity contribution in [3.63, 3.8) is 0 Å². The SMILES string of the molecule is C#CC[C@H](O)[C@H](O)CO. The van der Waals surface area contributed by atoms with Crippen molar-refractivity contribution in [2.75, 3.05) is 6.61 Å². The van der Waals surface area contributed by atoms with E-state index in [0.717, 1.165) is 0 Å². The summed E-state index contributed by atoms with van der Waals surface area (Å²) >= 11 is 0. The van der Waals surface area contributed by atoms with Gasteiger partial charge in [0.05, 0.1) is 12.7 Å². The van der Waals surface area contributed by atoms with Gasteiger partial charge < -0.3 is 15.3 Å². The number of aliphatic hydroxyl groups is 3. The van der Waals surface area contributed by atoms with Crippen molar-refractivity contribution in [2.45, 2.75) is 18.6 Å². The zero-order valence-electron chi connectivity index (χ0n) is 4.99. The molecule has 0 radical (unpaired) electrons. The number of terminal acetylenes is 1. The molecule has 9 heavy (non-hydrogen) atoms. The maximum Gasteiger partial charge on any atom is 0.104 e. The minimum absolute atomic E-state index is 0.0712. The lowest BCUT2D eigenvalue weighted by molar-refractivity contribution is -0.0109. The Labute approximate surface area is 53.9 Å². The highest BCUT2D eigenvalue weighted by Gasteiger charge is 2.12. The fourth-order valence-electron chi connectivity index (χ4n) is 0.378. The fourth-order valence-corrected chi connectivity index (χ4v) is 0.378. The van der Waals surface area contributed by atoms with Gasteiger partial charge in [0.15, 0.2) is 0 Å². The van der Waals surface area contributed by atoms with Crippen LogP contribution in [0.15, 0.2) is 0 Å². The molecular weight excluding hydrogens is 120 g/mol. The molecule has 0 aliphatic heterocycles. The first-order valence-corrected chi connectivity index (χ1v) is 2.62. The first kappa shape index (κ1) is 8.44. The summed E-state index contributed by atoms with van der Waals surface area (Å²) < 4.78 is 0. The Hall–Kier alpha value is -0.560. The molecule has 0 fully saturated rings. The molecule has 0 saturated heterocycles. The van der Waals surface area contributed by atoms with Crippen LogP contribution in [0.3, 0.4) is 0 Å². The van der Waals surface area contributed by atoms with E-state index in [1.54, 1.807) is 0 Å². The summed E-state index contributed by atoms with van der Waals surface area (Å²) in [6.45, 7) is -0.456. The third-order valence-corrected chi connectivity index (χ3v) is 0.958. The molecule has 0 amide bonds. The van der Waals surface area contributed by atoms with Gasteiger partial charge in [-0.1, -0.05) is 0 Å². The van der Waals surface area contributed by atoms with Gasteiger partial charge in [0.25, 0.3) is 0 Å². The van der Waals surface area contributed by atoms with Crippen LogP contribution >= 0.6 is 0 Å².